The van der Waals surface area contributed by atoms with Gasteiger partial charge in [0.05, 0.1) is 24.7 Å². The summed E-state index contributed by atoms with van der Waals surface area (Å²) in [5.74, 6) is 0.220. The van der Waals surface area contributed by atoms with Crippen molar-refractivity contribution in [3.8, 4) is 17.2 Å². The van der Waals surface area contributed by atoms with E-state index in [0.717, 1.165) is 17.5 Å². The van der Waals surface area contributed by atoms with Gasteiger partial charge in [0, 0.05) is 5.41 Å². The minimum atomic E-state index is -4.77. The van der Waals surface area contributed by atoms with E-state index in [-0.39, 0.29) is 28.0 Å². The van der Waals surface area contributed by atoms with E-state index >= 15 is 0 Å². The van der Waals surface area contributed by atoms with Crippen molar-refractivity contribution in [3.05, 3.63) is 60.0 Å². The van der Waals surface area contributed by atoms with Gasteiger partial charge < -0.3 is 18.6 Å². The molecule has 0 spiro atoms. The molecule has 2 aromatic rings. The zero-order valence-corrected chi connectivity index (χ0v) is 22.2. The molecule has 0 N–H and O–H groups in total. The smallest absolute Gasteiger partial charge is 0.457 e. The van der Waals surface area contributed by atoms with Crippen LogP contribution >= 0.6 is 0 Å². The van der Waals surface area contributed by atoms with Crippen LogP contribution in [0, 0.1) is 0 Å². The van der Waals surface area contributed by atoms with Crippen LogP contribution in [0.25, 0.3) is 0 Å². The topological polar surface area (TPSA) is 71.1 Å². The van der Waals surface area contributed by atoms with Gasteiger partial charge in [0.25, 0.3) is 0 Å². The van der Waals surface area contributed by atoms with Gasteiger partial charge in [-0.1, -0.05) is 20.8 Å². The largest absolute Gasteiger partial charge is 0.573 e. The van der Waals surface area contributed by atoms with Crippen molar-refractivity contribution >= 4 is 18.2 Å². The fourth-order valence-electron chi connectivity index (χ4n) is 2.51. The fraction of sp³-hybridized carbons (Fsp3) is 0.417. The van der Waals surface area contributed by atoms with Gasteiger partial charge in [-0.15, -0.1) is 13.2 Å². The van der Waals surface area contributed by atoms with Crippen molar-refractivity contribution in [1.82, 2.24) is 0 Å². The van der Waals surface area contributed by atoms with E-state index in [0.29, 0.717) is 19.0 Å². The van der Waals surface area contributed by atoms with Crippen LogP contribution in [0.15, 0.2) is 64.9 Å². The summed E-state index contributed by atoms with van der Waals surface area (Å²) in [6, 6.07) is 10.5. The molecule has 0 amide bonds. The van der Waals surface area contributed by atoms with Gasteiger partial charge in [-0.3, -0.25) is 0 Å². The molecule has 0 aliphatic rings. The van der Waals surface area contributed by atoms with E-state index in [4.69, 9.17) is 13.9 Å². The zero-order chi connectivity index (χ0) is 26.3. The van der Waals surface area contributed by atoms with Crippen LogP contribution in [0.5, 0.6) is 17.2 Å². The number of hydrogen-bond donors (Lipinski definition) is 0. The number of benzene rings is 2. The van der Waals surface area contributed by atoms with E-state index < -0.39 is 24.5 Å². The highest BCUT2D eigenvalue weighted by molar-refractivity contribution is 7.94. The van der Waals surface area contributed by atoms with Gasteiger partial charge in [0.1, 0.15) is 17.2 Å². The summed E-state index contributed by atoms with van der Waals surface area (Å²) < 4.78 is 82.4. The van der Waals surface area contributed by atoms with Gasteiger partial charge in [-0.2, -0.15) is 0 Å². The van der Waals surface area contributed by atoms with Crippen LogP contribution in [0.2, 0.25) is 18.1 Å². The lowest BCUT2D eigenvalue weighted by atomic mass is 10.2. The molecule has 11 heteroatoms. The normalized spacial score (nSPS) is 13.3. The van der Waals surface area contributed by atoms with E-state index in [2.05, 4.69) is 38.6 Å². The molecule has 0 aliphatic heterocycles. The molecule has 0 saturated heterocycles. The standard InChI is InChI=1S/C24H31F3O6SSi/c1-23(2,3)35(4,5)31-17-16-30-15-6-18-34(28,29)22-13-11-20(12-14-22)32-19-7-9-21(10-8-19)33-24(25,26)27/h6-14,18H,15-17H2,1-5H3/b18-6+. The Kier molecular flexibility index (Phi) is 9.57. The Balaban J connectivity index is 1.83. The van der Waals surface area contributed by atoms with Crippen molar-refractivity contribution in [2.24, 2.45) is 0 Å². The minimum absolute atomic E-state index is 0.0660. The van der Waals surface area contributed by atoms with Crippen LogP contribution < -0.4 is 9.47 Å². The number of ether oxygens (including phenoxy) is 3. The summed E-state index contributed by atoms with van der Waals surface area (Å²) in [4.78, 5) is 0.0660. The number of rotatable bonds is 11. The third-order valence-corrected chi connectivity index (χ3v) is 11.4. The molecule has 6 nitrogen and oxygen atoms in total. The SMILES string of the molecule is CC(C)(C)[Si](C)(C)OCCOC/C=C/S(=O)(=O)c1ccc(Oc2ccc(OC(F)(F)F)cc2)cc1. The highest BCUT2D eigenvalue weighted by atomic mass is 32.2. The number of hydrogen-bond acceptors (Lipinski definition) is 6. The van der Waals surface area contributed by atoms with E-state index in [1.165, 1.54) is 42.5 Å². The van der Waals surface area contributed by atoms with Crippen LogP contribution in [-0.4, -0.2) is 42.9 Å². The summed E-state index contributed by atoms with van der Waals surface area (Å²) in [5.41, 5.74) is 0. The summed E-state index contributed by atoms with van der Waals surface area (Å²) in [5, 5.41) is 1.19. The Labute approximate surface area is 205 Å². The molecule has 0 radical (unpaired) electrons. The monoisotopic (exact) mass is 532 g/mol. The van der Waals surface area contributed by atoms with Crippen molar-refractivity contribution in [3.63, 3.8) is 0 Å². The molecule has 0 unspecified atom stereocenters. The zero-order valence-electron chi connectivity index (χ0n) is 20.4. The van der Waals surface area contributed by atoms with Gasteiger partial charge in [-0.25, -0.2) is 8.42 Å². The number of halogens is 3. The lowest BCUT2D eigenvalue weighted by Gasteiger charge is -2.36. The summed E-state index contributed by atoms with van der Waals surface area (Å²) >= 11 is 0. The Morgan fingerprint density at radius 2 is 1.37 bits per heavy atom. The average Bonchev–Trinajstić information content (AvgIpc) is 2.73. The minimum Gasteiger partial charge on any atom is -0.457 e. The Morgan fingerprint density at radius 3 is 1.89 bits per heavy atom. The summed E-state index contributed by atoms with van der Waals surface area (Å²) in [7, 11) is -5.51. The van der Waals surface area contributed by atoms with Crippen molar-refractivity contribution < 1.29 is 40.2 Å². The molecular weight excluding hydrogens is 501 g/mol. The molecule has 0 heterocycles. The lowest BCUT2D eigenvalue weighted by Crippen LogP contribution is -2.41. The molecule has 194 valence electrons. The van der Waals surface area contributed by atoms with Gasteiger partial charge in [0.15, 0.2) is 18.2 Å². The molecule has 2 aromatic carbocycles. The predicted octanol–water partition coefficient (Wildman–Crippen LogP) is 6.70. The maximum atomic E-state index is 12.5. The molecule has 0 fully saturated rings. The van der Waals surface area contributed by atoms with E-state index in [1.807, 2.05) is 0 Å². The van der Waals surface area contributed by atoms with E-state index in [9.17, 15) is 21.6 Å². The molecule has 0 bridgehead atoms. The van der Waals surface area contributed by atoms with E-state index in [1.54, 1.807) is 0 Å². The Bertz CT molecular complexity index is 1070. The summed E-state index contributed by atoms with van der Waals surface area (Å²) in [6.45, 7) is 11.7. The van der Waals surface area contributed by atoms with Gasteiger partial charge >= 0.3 is 6.36 Å². The molecule has 0 aliphatic carbocycles. The average molecular weight is 533 g/mol. The first-order chi connectivity index (χ1) is 16.1. The Morgan fingerprint density at radius 1 is 0.857 bits per heavy atom. The van der Waals surface area contributed by atoms with Gasteiger partial charge in [-0.05, 0) is 72.7 Å². The first-order valence-corrected chi connectivity index (χ1v) is 15.3. The second-order valence-corrected chi connectivity index (χ2v) is 15.8. The van der Waals surface area contributed by atoms with Crippen molar-refractivity contribution in [2.45, 2.75) is 50.2 Å². The molecule has 0 aromatic heterocycles. The maximum Gasteiger partial charge on any atom is 0.573 e. The highest BCUT2D eigenvalue weighted by Crippen LogP contribution is 2.36. The van der Waals surface area contributed by atoms with Crippen molar-refractivity contribution in [2.75, 3.05) is 19.8 Å². The molecule has 0 atom stereocenters. The van der Waals surface area contributed by atoms with Crippen LogP contribution in [0.1, 0.15) is 20.8 Å². The molecule has 0 saturated carbocycles. The first kappa shape index (κ1) is 28.9. The number of sulfone groups is 1. The van der Waals surface area contributed by atoms with Crippen LogP contribution in [0.3, 0.4) is 0 Å². The lowest BCUT2D eigenvalue weighted by molar-refractivity contribution is -0.274. The van der Waals surface area contributed by atoms with Crippen molar-refractivity contribution in [1.29, 1.82) is 0 Å². The Hall–Kier alpha value is -2.34. The third kappa shape index (κ3) is 9.67. The first-order valence-electron chi connectivity index (χ1n) is 10.9. The molecular formula is C24H31F3O6SSi. The number of alkyl halides is 3. The predicted molar refractivity (Wildman–Crippen MR) is 130 cm³/mol. The summed E-state index contributed by atoms with van der Waals surface area (Å²) in [6.07, 6.45) is -3.35. The third-order valence-electron chi connectivity index (χ3n) is 5.43. The quantitative estimate of drug-likeness (QED) is 0.237. The van der Waals surface area contributed by atoms with Gasteiger partial charge in [0.2, 0.25) is 0 Å². The van der Waals surface area contributed by atoms with Crippen LogP contribution in [-0.2, 0) is 19.0 Å². The highest BCUT2D eigenvalue weighted by Gasteiger charge is 2.36. The van der Waals surface area contributed by atoms with Crippen LogP contribution in [0.4, 0.5) is 13.2 Å². The maximum absolute atomic E-state index is 12.5. The second kappa shape index (κ2) is 11.6. The molecule has 2 rings (SSSR count). The second-order valence-electron chi connectivity index (χ2n) is 9.19. The fourth-order valence-corrected chi connectivity index (χ4v) is 4.54. The molecule has 35 heavy (non-hydrogen) atoms.